The molecule has 138 valence electrons. The highest BCUT2D eigenvalue weighted by molar-refractivity contribution is 7.89. The molecule has 1 aromatic rings. The molecule has 1 saturated heterocycles. The van der Waals surface area contributed by atoms with E-state index in [1.807, 2.05) is 6.92 Å². The highest BCUT2D eigenvalue weighted by Gasteiger charge is 2.32. The van der Waals surface area contributed by atoms with Crippen molar-refractivity contribution in [3.8, 4) is 0 Å². The summed E-state index contributed by atoms with van der Waals surface area (Å²) in [7, 11) is -3.46. The second kappa shape index (κ2) is 9.14. The first-order valence-electron chi connectivity index (χ1n) is 8.13. The van der Waals surface area contributed by atoms with E-state index in [0.29, 0.717) is 35.3 Å². The Labute approximate surface area is 143 Å². The molecule has 2 N–H and O–H groups in total. The van der Waals surface area contributed by atoms with Crippen molar-refractivity contribution in [3.63, 3.8) is 0 Å². The van der Waals surface area contributed by atoms with E-state index in [4.69, 9.17) is 9.90 Å². The van der Waals surface area contributed by atoms with Gasteiger partial charge in [0.15, 0.2) is 0 Å². The van der Waals surface area contributed by atoms with Crippen molar-refractivity contribution in [2.24, 2.45) is 5.92 Å². The summed E-state index contributed by atoms with van der Waals surface area (Å²) < 4.78 is 27.3. The van der Waals surface area contributed by atoms with Crippen molar-refractivity contribution >= 4 is 16.5 Å². The molecule has 0 aromatic carbocycles. The minimum absolute atomic E-state index is 0.250. The number of hydrogen-bond donors (Lipinski definition) is 2. The van der Waals surface area contributed by atoms with Crippen LogP contribution in [0.25, 0.3) is 0 Å². The van der Waals surface area contributed by atoms with Gasteiger partial charge in [-0.1, -0.05) is 13.8 Å². The number of likely N-dealkylation sites (tertiary alicyclic amines) is 1. The number of carboxylic acid groups (broad SMARTS) is 1. The Hall–Kier alpha value is -1.45. The van der Waals surface area contributed by atoms with Crippen molar-refractivity contribution in [2.75, 3.05) is 32.7 Å². The van der Waals surface area contributed by atoms with E-state index < -0.39 is 10.0 Å². The first-order chi connectivity index (χ1) is 11.3. The van der Waals surface area contributed by atoms with Crippen molar-refractivity contribution in [2.45, 2.75) is 39.0 Å². The molecular weight excluding hydrogens is 332 g/mol. The topological polar surface area (TPSA) is 107 Å². The summed E-state index contributed by atoms with van der Waals surface area (Å²) in [6, 6.07) is 0. The SMILES string of the molecule is CCN1CCC(CN(CC)S(=O)(=O)c2c(C)n[nH]c2C)C1.O=CO. The van der Waals surface area contributed by atoms with Gasteiger partial charge in [0, 0.05) is 19.6 Å². The highest BCUT2D eigenvalue weighted by atomic mass is 32.2. The second-order valence-corrected chi connectivity index (χ2v) is 7.75. The van der Waals surface area contributed by atoms with Gasteiger partial charge < -0.3 is 10.0 Å². The number of aromatic amines is 1. The fourth-order valence-corrected chi connectivity index (χ4v) is 4.94. The van der Waals surface area contributed by atoms with Gasteiger partial charge in [0.05, 0.1) is 11.4 Å². The molecule has 1 aromatic heterocycles. The number of H-pyrrole nitrogens is 1. The molecule has 1 aliphatic heterocycles. The van der Waals surface area contributed by atoms with E-state index in [-0.39, 0.29) is 6.47 Å². The third-order valence-corrected chi connectivity index (χ3v) is 6.49. The zero-order valence-electron chi connectivity index (χ0n) is 14.8. The minimum Gasteiger partial charge on any atom is -0.483 e. The number of aromatic nitrogens is 2. The summed E-state index contributed by atoms with van der Waals surface area (Å²) in [4.78, 5) is 11.1. The van der Waals surface area contributed by atoms with Crippen LogP contribution in [0.5, 0.6) is 0 Å². The van der Waals surface area contributed by atoms with Gasteiger partial charge in [-0.25, -0.2) is 8.42 Å². The van der Waals surface area contributed by atoms with Gasteiger partial charge >= 0.3 is 0 Å². The van der Waals surface area contributed by atoms with Crippen LogP contribution in [0.3, 0.4) is 0 Å². The van der Waals surface area contributed by atoms with Gasteiger partial charge in [0.2, 0.25) is 10.0 Å². The molecule has 1 atom stereocenters. The van der Waals surface area contributed by atoms with Crippen LogP contribution in [0.4, 0.5) is 0 Å². The molecule has 1 unspecified atom stereocenters. The summed E-state index contributed by atoms with van der Waals surface area (Å²) in [6.45, 7) is 11.5. The molecule has 2 heterocycles. The summed E-state index contributed by atoms with van der Waals surface area (Å²) in [6.07, 6.45) is 1.07. The van der Waals surface area contributed by atoms with Gasteiger partial charge in [-0.15, -0.1) is 0 Å². The maximum atomic E-state index is 12.9. The third-order valence-electron chi connectivity index (χ3n) is 4.29. The van der Waals surface area contributed by atoms with Gasteiger partial charge in [-0.2, -0.15) is 9.40 Å². The summed E-state index contributed by atoms with van der Waals surface area (Å²) >= 11 is 0. The Morgan fingerprint density at radius 1 is 1.42 bits per heavy atom. The minimum atomic E-state index is -3.46. The van der Waals surface area contributed by atoms with Crippen LogP contribution in [-0.2, 0) is 14.8 Å². The zero-order valence-corrected chi connectivity index (χ0v) is 15.6. The fraction of sp³-hybridized carbons (Fsp3) is 0.733. The molecule has 0 aliphatic carbocycles. The van der Waals surface area contributed by atoms with Crippen LogP contribution in [0.15, 0.2) is 4.90 Å². The van der Waals surface area contributed by atoms with E-state index in [9.17, 15) is 8.42 Å². The van der Waals surface area contributed by atoms with Crippen molar-refractivity contribution < 1.29 is 18.3 Å². The number of carbonyl (C=O) groups is 1. The van der Waals surface area contributed by atoms with Gasteiger partial charge in [-0.05, 0) is 39.3 Å². The van der Waals surface area contributed by atoms with E-state index in [2.05, 4.69) is 22.0 Å². The lowest BCUT2D eigenvalue weighted by Crippen LogP contribution is -2.36. The zero-order chi connectivity index (χ0) is 18.3. The molecule has 2 rings (SSSR count). The van der Waals surface area contributed by atoms with Crippen molar-refractivity contribution in [1.29, 1.82) is 0 Å². The smallest absolute Gasteiger partial charge is 0.290 e. The largest absolute Gasteiger partial charge is 0.483 e. The summed E-state index contributed by atoms with van der Waals surface area (Å²) in [5.74, 6) is 0.423. The number of rotatable bonds is 6. The lowest BCUT2D eigenvalue weighted by Gasteiger charge is -2.24. The second-order valence-electron chi connectivity index (χ2n) is 5.87. The van der Waals surface area contributed by atoms with Crippen molar-refractivity contribution in [1.82, 2.24) is 19.4 Å². The number of nitrogens with one attached hydrogen (secondary N) is 1. The molecule has 0 saturated carbocycles. The predicted molar refractivity (Wildman–Crippen MR) is 91.4 cm³/mol. The lowest BCUT2D eigenvalue weighted by molar-refractivity contribution is -0.122. The molecule has 24 heavy (non-hydrogen) atoms. The van der Waals surface area contributed by atoms with Crippen LogP contribution >= 0.6 is 0 Å². The maximum absolute atomic E-state index is 12.9. The molecule has 8 nitrogen and oxygen atoms in total. The Kier molecular flexibility index (Phi) is 7.85. The van der Waals surface area contributed by atoms with E-state index in [0.717, 1.165) is 26.1 Å². The molecule has 1 aliphatic rings. The van der Waals surface area contributed by atoms with Crippen LogP contribution in [0.2, 0.25) is 0 Å². The van der Waals surface area contributed by atoms with Gasteiger partial charge in [0.1, 0.15) is 4.90 Å². The highest BCUT2D eigenvalue weighted by Crippen LogP contribution is 2.24. The summed E-state index contributed by atoms with van der Waals surface area (Å²) in [5.41, 5.74) is 1.17. The number of nitrogens with zero attached hydrogens (tertiary/aromatic N) is 3. The Morgan fingerprint density at radius 2 is 2.04 bits per heavy atom. The average Bonchev–Trinajstić information content (AvgIpc) is 3.12. The molecule has 0 amide bonds. The van der Waals surface area contributed by atoms with Gasteiger partial charge in [-0.3, -0.25) is 9.89 Å². The third kappa shape index (κ3) is 4.78. The number of hydrogen-bond acceptors (Lipinski definition) is 5. The van der Waals surface area contributed by atoms with Crippen molar-refractivity contribution in [3.05, 3.63) is 11.4 Å². The predicted octanol–water partition coefficient (Wildman–Crippen LogP) is 1.08. The molecular formula is C15H28N4O4S. The van der Waals surface area contributed by atoms with Crippen LogP contribution in [0.1, 0.15) is 31.7 Å². The maximum Gasteiger partial charge on any atom is 0.290 e. The standard InChI is InChI=1S/C14H26N4O2S.CH2O2/c1-5-17-8-7-13(9-17)10-18(6-2)21(19,20)14-11(3)15-16-12(14)4;2-1-3/h13H,5-10H2,1-4H3,(H,15,16);1H,(H,2,3). The van der Waals surface area contributed by atoms with E-state index >= 15 is 0 Å². The quantitative estimate of drug-likeness (QED) is 0.735. The number of sulfonamides is 1. The van der Waals surface area contributed by atoms with Crippen LogP contribution in [-0.4, -0.2) is 72.1 Å². The van der Waals surface area contributed by atoms with E-state index in [1.54, 1.807) is 18.2 Å². The Bertz CT molecular complexity index is 610. The fourth-order valence-electron chi connectivity index (χ4n) is 3.08. The molecule has 9 heteroatoms. The monoisotopic (exact) mass is 360 g/mol. The number of aryl methyl sites for hydroxylation is 2. The van der Waals surface area contributed by atoms with E-state index in [1.165, 1.54) is 0 Å². The first-order valence-corrected chi connectivity index (χ1v) is 9.57. The average molecular weight is 360 g/mol. The molecule has 1 fully saturated rings. The Morgan fingerprint density at radius 3 is 2.46 bits per heavy atom. The molecule has 0 bridgehead atoms. The normalized spacial score (nSPS) is 18.5. The molecule has 0 radical (unpaired) electrons. The summed E-state index contributed by atoms with van der Waals surface area (Å²) in [5, 5.41) is 13.7. The lowest BCUT2D eigenvalue weighted by atomic mass is 10.1. The van der Waals surface area contributed by atoms with Gasteiger partial charge in [0.25, 0.3) is 6.47 Å². The first kappa shape index (κ1) is 20.6. The van der Waals surface area contributed by atoms with Crippen LogP contribution in [0, 0.1) is 19.8 Å². The Balaban J connectivity index is 0.000000891. The molecule has 0 spiro atoms. The van der Waals surface area contributed by atoms with Crippen LogP contribution < -0.4 is 0 Å².